The summed E-state index contributed by atoms with van der Waals surface area (Å²) in [6.07, 6.45) is 10.1. The molecule has 0 aromatic rings. The Morgan fingerprint density at radius 1 is 1.07 bits per heavy atom. The second-order valence-electron chi connectivity index (χ2n) is 5.44. The molecule has 2 fully saturated rings. The van der Waals surface area contributed by atoms with Crippen LogP contribution in [0.25, 0.3) is 0 Å². The Bertz CT molecular complexity index is 169. The summed E-state index contributed by atoms with van der Waals surface area (Å²) in [6.45, 7) is 3.78. The van der Waals surface area contributed by atoms with Gasteiger partial charge in [-0.3, -0.25) is 0 Å². The molecule has 0 radical (unpaired) electrons. The van der Waals surface area contributed by atoms with Gasteiger partial charge in [0.15, 0.2) is 0 Å². The van der Waals surface area contributed by atoms with E-state index in [-0.39, 0.29) is 0 Å². The average molecular weight is 210 g/mol. The zero-order valence-electron chi connectivity index (χ0n) is 10.2. The molecule has 2 rings (SSSR count). The van der Waals surface area contributed by atoms with Gasteiger partial charge in [-0.05, 0) is 45.2 Å². The maximum absolute atomic E-state index is 3.51. The molecule has 0 aromatic heterocycles. The normalized spacial score (nSPS) is 29.6. The molecule has 0 spiro atoms. The Kier molecular flexibility index (Phi) is 4.45. The number of nitrogens with one attached hydrogen (secondary N) is 1. The van der Waals surface area contributed by atoms with Gasteiger partial charge in [-0.2, -0.15) is 0 Å². The molecule has 0 unspecified atom stereocenters. The highest BCUT2D eigenvalue weighted by atomic mass is 15.2. The summed E-state index contributed by atoms with van der Waals surface area (Å²) in [4.78, 5) is 2.61. The SMILES string of the molecule is CN(CC1CCCCC1)[C@@H]1CCCNC1. The summed E-state index contributed by atoms with van der Waals surface area (Å²) >= 11 is 0. The van der Waals surface area contributed by atoms with E-state index in [2.05, 4.69) is 17.3 Å². The van der Waals surface area contributed by atoms with E-state index in [1.54, 1.807) is 0 Å². The van der Waals surface area contributed by atoms with Crippen molar-refractivity contribution in [3.63, 3.8) is 0 Å². The first kappa shape index (κ1) is 11.4. The molecule has 1 atom stereocenters. The lowest BCUT2D eigenvalue weighted by atomic mass is 9.88. The third-order valence-electron chi connectivity index (χ3n) is 4.17. The van der Waals surface area contributed by atoms with E-state index in [9.17, 15) is 0 Å². The summed E-state index contributed by atoms with van der Waals surface area (Å²) in [6, 6.07) is 0.806. The first-order valence-electron chi connectivity index (χ1n) is 6.77. The number of piperidine rings is 1. The van der Waals surface area contributed by atoms with Gasteiger partial charge in [-0.1, -0.05) is 19.3 Å². The zero-order valence-corrected chi connectivity index (χ0v) is 10.2. The van der Waals surface area contributed by atoms with E-state index in [0.29, 0.717) is 0 Å². The Labute approximate surface area is 94.4 Å². The molecule has 1 heterocycles. The molecular weight excluding hydrogens is 184 g/mol. The lowest BCUT2D eigenvalue weighted by Gasteiger charge is -2.35. The van der Waals surface area contributed by atoms with Gasteiger partial charge in [0.1, 0.15) is 0 Å². The fraction of sp³-hybridized carbons (Fsp3) is 1.00. The molecule has 1 saturated heterocycles. The van der Waals surface area contributed by atoms with Crippen molar-refractivity contribution in [2.45, 2.75) is 51.0 Å². The standard InChI is InChI=1S/C13H26N2/c1-15(13-8-5-9-14-10-13)11-12-6-3-2-4-7-12/h12-14H,2-11H2,1H3/t13-/m1/s1. The Morgan fingerprint density at radius 2 is 1.87 bits per heavy atom. The van der Waals surface area contributed by atoms with Gasteiger partial charge in [0.25, 0.3) is 0 Å². The molecular formula is C13H26N2. The summed E-state index contributed by atoms with van der Waals surface area (Å²) in [5.41, 5.74) is 0. The van der Waals surface area contributed by atoms with Crippen LogP contribution in [0.3, 0.4) is 0 Å². The number of rotatable bonds is 3. The van der Waals surface area contributed by atoms with Crippen molar-refractivity contribution in [1.29, 1.82) is 0 Å². The summed E-state index contributed by atoms with van der Waals surface area (Å²) in [5, 5.41) is 3.51. The molecule has 1 saturated carbocycles. The van der Waals surface area contributed by atoms with Gasteiger partial charge in [0, 0.05) is 19.1 Å². The van der Waals surface area contributed by atoms with Crippen LogP contribution >= 0.6 is 0 Å². The van der Waals surface area contributed by atoms with Crippen LogP contribution < -0.4 is 5.32 Å². The molecule has 1 aliphatic carbocycles. The first-order chi connectivity index (χ1) is 7.36. The third-order valence-corrected chi connectivity index (χ3v) is 4.17. The molecule has 88 valence electrons. The Morgan fingerprint density at radius 3 is 2.53 bits per heavy atom. The largest absolute Gasteiger partial charge is 0.315 e. The van der Waals surface area contributed by atoms with Gasteiger partial charge in [0.2, 0.25) is 0 Å². The Hall–Kier alpha value is -0.0800. The molecule has 2 heteroatoms. The molecule has 0 amide bonds. The second kappa shape index (κ2) is 5.86. The molecule has 1 aliphatic heterocycles. The monoisotopic (exact) mass is 210 g/mol. The van der Waals surface area contributed by atoms with Crippen molar-refractivity contribution in [3.8, 4) is 0 Å². The van der Waals surface area contributed by atoms with Gasteiger partial charge >= 0.3 is 0 Å². The van der Waals surface area contributed by atoms with Gasteiger partial charge < -0.3 is 10.2 Å². The van der Waals surface area contributed by atoms with Crippen molar-refractivity contribution < 1.29 is 0 Å². The van der Waals surface area contributed by atoms with E-state index in [1.165, 1.54) is 64.6 Å². The van der Waals surface area contributed by atoms with E-state index >= 15 is 0 Å². The van der Waals surface area contributed by atoms with Crippen molar-refractivity contribution in [2.24, 2.45) is 5.92 Å². The minimum absolute atomic E-state index is 0.806. The zero-order chi connectivity index (χ0) is 10.5. The molecule has 2 nitrogen and oxygen atoms in total. The maximum atomic E-state index is 3.51. The van der Waals surface area contributed by atoms with E-state index in [4.69, 9.17) is 0 Å². The van der Waals surface area contributed by atoms with Crippen LogP contribution in [-0.2, 0) is 0 Å². The Balaban J connectivity index is 1.72. The fourth-order valence-electron chi connectivity index (χ4n) is 3.14. The number of hydrogen-bond acceptors (Lipinski definition) is 2. The van der Waals surface area contributed by atoms with Crippen LogP contribution in [0.15, 0.2) is 0 Å². The third kappa shape index (κ3) is 3.46. The summed E-state index contributed by atoms with van der Waals surface area (Å²) in [5.74, 6) is 0.991. The summed E-state index contributed by atoms with van der Waals surface area (Å²) < 4.78 is 0. The molecule has 0 aromatic carbocycles. The van der Waals surface area contributed by atoms with Crippen LogP contribution in [0.4, 0.5) is 0 Å². The van der Waals surface area contributed by atoms with Crippen molar-refractivity contribution in [1.82, 2.24) is 10.2 Å². The highest BCUT2D eigenvalue weighted by molar-refractivity contribution is 4.78. The lowest BCUT2D eigenvalue weighted by Crippen LogP contribution is -2.45. The predicted molar refractivity (Wildman–Crippen MR) is 65.1 cm³/mol. The highest BCUT2D eigenvalue weighted by Gasteiger charge is 2.21. The predicted octanol–water partition coefficient (Wildman–Crippen LogP) is 2.25. The van der Waals surface area contributed by atoms with E-state index < -0.39 is 0 Å². The van der Waals surface area contributed by atoms with Crippen molar-refractivity contribution in [3.05, 3.63) is 0 Å². The van der Waals surface area contributed by atoms with Crippen molar-refractivity contribution >= 4 is 0 Å². The fourth-order valence-corrected chi connectivity index (χ4v) is 3.14. The smallest absolute Gasteiger partial charge is 0.0218 e. The van der Waals surface area contributed by atoms with Crippen LogP contribution in [0.2, 0.25) is 0 Å². The van der Waals surface area contributed by atoms with Gasteiger partial charge in [0.05, 0.1) is 0 Å². The van der Waals surface area contributed by atoms with Crippen LogP contribution in [-0.4, -0.2) is 37.6 Å². The van der Waals surface area contributed by atoms with E-state index in [0.717, 1.165) is 12.0 Å². The van der Waals surface area contributed by atoms with Crippen LogP contribution in [0, 0.1) is 5.92 Å². The number of hydrogen-bond donors (Lipinski definition) is 1. The van der Waals surface area contributed by atoms with Gasteiger partial charge in [-0.15, -0.1) is 0 Å². The summed E-state index contributed by atoms with van der Waals surface area (Å²) in [7, 11) is 2.33. The number of nitrogens with zero attached hydrogens (tertiary/aromatic N) is 1. The minimum Gasteiger partial charge on any atom is -0.315 e. The molecule has 15 heavy (non-hydrogen) atoms. The second-order valence-corrected chi connectivity index (χ2v) is 5.44. The highest BCUT2D eigenvalue weighted by Crippen LogP contribution is 2.25. The molecule has 2 aliphatic rings. The minimum atomic E-state index is 0.806. The quantitative estimate of drug-likeness (QED) is 0.768. The van der Waals surface area contributed by atoms with Crippen LogP contribution in [0.5, 0.6) is 0 Å². The van der Waals surface area contributed by atoms with Gasteiger partial charge in [-0.25, -0.2) is 0 Å². The average Bonchev–Trinajstić information content (AvgIpc) is 2.31. The maximum Gasteiger partial charge on any atom is 0.0218 e. The van der Waals surface area contributed by atoms with Crippen molar-refractivity contribution in [2.75, 3.05) is 26.7 Å². The molecule has 1 N–H and O–H groups in total. The molecule has 0 bridgehead atoms. The van der Waals surface area contributed by atoms with Crippen LogP contribution in [0.1, 0.15) is 44.9 Å². The van der Waals surface area contributed by atoms with E-state index in [1.807, 2.05) is 0 Å². The number of likely N-dealkylation sites (N-methyl/N-ethyl adjacent to an activating group) is 1. The lowest BCUT2D eigenvalue weighted by molar-refractivity contribution is 0.159. The first-order valence-corrected chi connectivity index (χ1v) is 6.77. The topological polar surface area (TPSA) is 15.3 Å².